The van der Waals surface area contributed by atoms with E-state index in [9.17, 15) is 14.0 Å². The minimum atomic E-state index is -0.461. The summed E-state index contributed by atoms with van der Waals surface area (Å²) in [6.45, 7) is 0.251. The molecule has 0 aliphatic carbocycles. The van der Waals surface area contributed by atoms with Crippen LogP contribution in [0.3, 0.4) is 0 Å². The molecule has 0 atom stereocenters. The molecule has 7 heteroatoms. The molecule has 0 saturated carbocycles. The van der Waals surface area contributed by atoms with E-state index in [0.717, 1.165) is 0 Å². The highest BCUT2D eigenvalue weighted by molar-refractivity contribution is 6.05. The molecule has 130 valence electrons. The molecule has 1 aromatic carbocycles. The zero-order valence-corrected chi connectivity index (χ0v) is 13.6. The average molecular weight is 350 g/mol. The van der Waals surface area contributed by atoms with E-state index in [1.54, 1.807) is 24.4 Å². The number of hydrogen-bond donors (Lipinski definition) is 2. The number of halogens is 1. The maximum absolute atomic E-state index is 13.2. The van der Waals surface area contributed by atoms with Gasteiger partial charge >= 0.3 is 0 Å². The number of carbonyl (C=O) groups is 2. The van der Waals surface area contributed by atoms with Gasteiger partial charge < -0.3 is 10.6 Å². The van der Waals surface area contributed by atoms with E-state index in [0.29, 0.717) is 11.4 Å². The molecule has 2 N–H and O–H groups in total. The fourth-order valence-corrected chi connectivity index (χ4v) is 2.23. The van der Waals surface area contributed by atoms with Crippen LogP contribution in [0, 0.1) is 5.82 Å². The first-order valence-corrected chi connectivity index (χ1v) is 7.83. The molecule has 3 aromatic rings. The van der Waals surface area contributed by atoms with Gasteiger partial charge in [-0.3, -0.25) is 19.6 Å². The van der Waals surface area contributed by atoms with Crippen LogP contribution in [0.4, 0.5) is 10.1 Å². The maximum atomic E-state index is 13.2. The van der Waals surface area contributed by atoms with Crippen LogP contribution in [0.5, 0.6) is 0 Å². The van der Waals surface area contributed by atoms with Gasteiger partial charge in [0.25, 0.3) is 11.8 Å². The summed E-state index contributed by atoms with van der Waals surface area (Å²) in [5, 5.41) is 5.27. The second-order valence-corrected chi connectivity index (χ2v) is 5.40. The van der Waals surface area contributed by atoms with Crippen molar-refractivity contribution in [3.63, 3.8) is 0 Å². The molecule has 0 spiro atoms. The summed E-state index contributed by atoms with van der Waals surface area (Å²) in [5.41, 5.74) is 1.38. The molecule has 0 aliphatic heterocycles. The van der Waals surface area contributed by atoms with Crippen LogP contribution in [0.15, 0.2) is 67.0 Å². The second kappa shape index (κ2) is 7.98. The summed E-state index contributed by atoms with van der Waals surface area (Å²) >= 11 is 0. The molecule has 3 rings (SSSR count). The largest absolute Gasteiger partial charge is 0.345 e. The van der Waals surface area contributed by atoms with Crippen LogP contribution >= 0.6 is 0 Å². The van der Waals surface area contributed by atoms with Gasteiger partial charge in [0.15, 0.2) is 0 Å². The average Bonchev–Trinajstić information content (AvgIpc) is 2.67. The monoisotopic (exact) mass is 350 g/mol. The number of hydrogen-bond acceptors (Lipinski definition) is 4. The molecule has 0 unspecified atom stereocenters. The Hall–Kier alpha value is -3.61. The van der Waals surface area contributed by atoms with Gasteiger partial charge in [-0.25, -0.2) is 4.39 Å². The number of aromatic nitrogens is 2. The van der Waals surface area contributed by atoms with E-state index in [2.05, 4.69) is 20.6 Å². The summed E-state index contributed by atoms with van der Waals surface area (Å²) in [5.74, 6) is -1.33. The van der Waals surface area contributed by atoms with E-state index in [1.807, 2.05) is 6.07 Å². The number of nitrogens with one attached hydrogen (secondary N) is 2. The first-order valence-electron chi connectivity index (χ1n) is 7.83. The first kappa shape index (κ1) is 17.2. The zero-order valence-electron chi connectivity index (χ0n) is 13.6. The third-order valence-corrected chi connectivity index (χ3v) is 3.49. The van der Waals surface area contributed by atoms with E-state index >= 15 is 0 Å². The van der Waals surface area contributed by atoms with Gasteiger partial charge in [0, 0.05) is 23.6 Å². The molecular formula is C19H15FN4O2. The summed E-state index contributed by atoms with van der Waals surface area (Å²) in [4.78, 5) is 32.6. The minimum Gasteiger partial charge on any atom is -0.345 e. The summed E-state index contributed by atoms with van der Waals surface area (Å²) in [7, 11) is 0. The fraction of sp³-hybridized carbons (Fsp3) is 0.0526. The molecular weight excluding hydrogens is 335 g/mol. The lowest BCUT2D eigenvalue weighted by Gasteiger charge is -2.07. The molecule has 0 saturated heterocycles. The zero-order chi connectivity index (χ0) is 18.4. The van der Waals surface area contributed by atoms with E-state index in [1.165, 1.54) is 36.5 Å². The molecule has 2 heterocycles. The Balaban J connectivity index is 1.67. The van der Waals surface area contributed by atoms with Gasteiger partial charge in [0.1, 0.15) is 11.5 Å². The Morgan fingerprint density at radius 1 is 0.923 bits per heavy atom. The van der Waals surface area contributed by atoms with E-state index in [-0.39, 0.29) is 17.8 Å². The van der Waals surface area contributed by atoms with Crippen molar-refractivity contribution in [1.82, 2.24) is 15.3 Å². The van der Waals surface area contributed by atoms with Crippen molar-refractivity contribution in [2.24, 2.45) is 0 Å². The third-order valence-electron chi connectivity index (χ3n) is 3.49. The molecule has 0 aliphatic rings. The predicted octanol–water partition coefficient (Wildman–Crippen LogP) is 2.80. The molecule has 6 nitrogen and oxygen atoms in total. The van der Waals surface area contributed by atoms with Crippen LogP contribution < -0.4 is 10.6 Å². The van der Waals surface area contributed by atoms with Crippen LogP contribution in [-0.4, -0.2) is 21.8 Å². The van der Waals surface area contributed by atoms with Crippen molar-refractivity contribution in [3.8, 4) is 0 Å². The Labute approximate surface area is 149 Å². The highest BCUT2D eigenvalue weighted by Gasteiger charge is 2.12. The lowest BCUT2D eigenvalue weighted by atomic mass is 10.2. The van der Waals surface area contributed by atoms with Gasteiger partial charge in [-0.2, -0.15) is 0 Å². The summed E-state index contributed by atoms with van der Waals surface area (Å²) in [6.07, 6.45) is 3.01. The minimum absolute atomic E-state index is 0.104. The molecule has 0 bridgehead atoms. The van der Waals surface area contributed by atoms with Crippen LogP contribution in [0.1, 0.15) is 26.5 Å². The van der Waals surface area contributed by atoms with E-state index < -0.39 is 17.6 Å². The maximum Gasteiger partial charge on any atom is 0.270 e. The molecule has 2 amide bonds. The normalized spacial score (nSPS) is 10.2. The quantitative estimate of drug-likeness (QED) is 0.741. The first-order chi connectivity index (χ1) is 12.6. The highest BCUT2D eigenvalue weighted by atomic mass is 19.1. The lowest BCUT2D eigenvalue weighted by molar-refractivity contribution is 0.0945. The third kappa shape index (κ3) is 4.47. The Bertz CT molecular complexity index is 932. The van der Waals surface area contributed by atoms with Crippen molar-refractivity contribution in [2.75, 3.05) is 5.32 Å². The fourth-order valence-electron chi connectivity index (χ4n) is 2.23. The Morgan fingerprint density at radius 2 is 1.81 bits per heavy atom. The number of rotatable bonds is 5. The lowest BCUT2D eigenvalue weighted by Crippen LogP contribution is -2.24. The number of nitrogens with zero attached hydrogens (tertiary/aromatic N) is 2. The predicted molar refractivity (Wildman–Crippen MR) is 94.0 cm³/mol. The van der Waals surface area contributed by atoms with Gasteiger partial charge in [-0.15, -0.1) is 0 Å². The van der Waals surface area contributed by atoms with Crippen molar-refractivity contribution in [3.05, 3.63) is 89.8 Å². The molecule has 0 fully saturated rings. The summed E-state index contributed by atoms with van der Waals surface area (Å²) in [6, 6.07) is 13.8. The number of pyridine rings is 2. The standard InChI is InChI=1S/C19H15FN4O2/c20-14-4-3-6-15(11-14)24-18(25)13-7-9-22-17(10-13)19(26)23-12-16-5-1-2-8-21-16/h1-11H,12H2,(H,23,26)(H,24,25). The topological polar surface area (TPSA) is 84.0 Å². The van der Waals surface area contributed by atoms with Gasteiger partial charge in [-0.1, -0.05) is 12.1 Å². The number of anilines is 1. The Morgan fingerprint density at radius 3 is 2.58 bits per heavy atom. The number of amides is 2. The second-order valence-electron chi connectivity index (χ2n) is 5.40. The van der Waals surface area contributed by atoms with E-state index in [4.69, 9.17) is 0 Å². The van der Waals surface area contributed by atoms with Crippen LogP contribution in [-0.2, 0) is 6.54 Å². The van der Waals surface area contributed by atoms with Crippen molar-refractivity contribution in [2.45, 2.75) is 6.54 Å². The molecule has 0 radical (unpaired) electrons. The van der Waals surface area contributed by atoms with Crippen molar-refractivity contribution >= 4 is 17.5 Å². The van der Waals surface area contributed by atoms with Gasteiger partial charge in [0.05, 0.1) is 12.2 Å². The Kier molecular flexibility index (Phi) is 5.28. The van der Waals surface area contributed by atoms with Crippen LogP contribution in [0.2, 0.25) is 0 Å². The SMILES string of the molecule is O=C(Nc1cccc(F)c1)c1ccnc(C(=O)NCc2ccccn2)c1. The summed E-state index contributed by atoms with van der Waals surface area (Å²) < 4.78 is 13.2. The molecule has 2 aromatic heterocycles. The smallest absolute Gasteiger partial charge is 0.270 e. The van der Waals surface area contributed by atoms with Crippen LogP contribution in [0.25, 0.3) is 0 Å². The highest BCUT2D eigenvalue weighted by Crippen LogP contribution is 2.11. The van der Waals surface area contributed by atoms with Crippen molar-refractivity contribution in [1.29, 1.82) is 0 Å². The van der Waals surface area contributed by atoms with Gasteiger partial charge in [-0.05, 0) is 42.5 Å². The van der Waals surface area contributed by atoms with Gasteiger partial charge in [0.2, 0.25) is 0 Å². The van der Waals surface area contributed by atoms with Crippen molar-refractivity contribution < 1.29 is 14.0 Å². The number of benzene rings is 1. The number of carbonyl (C=O) groups excluding carboxylic acids is 2. The molecule has 26 heavy (non-hydrogen) atoms.